The summed E-state index contributed by atoms with van der Waals surface area (Å²) in [5.41, 5.74) is 5.92. The minimum absolute atomic E-state index is 0.0660. The summed E-state index contributed by atoms with van der Waals surface area (Å²) in [5, 5.41) is 0. The maximum Gasteiger partial charge on any atom is 0.316 e. The summed E-state index contributed by atoms with van der Waals surface area (Å²) in [7, 11) is 0. The molecule has 3 aliphatic heterocycles. The molecule has 1 aromatic heterocycles. The molecule has 1 amide bonds. The number of hydrazine groups is 1. The van der Waals surface area contributed by atoms with E-state index in [1.807, 2.05) is 4.90 Å². The minimum Gasteiger partial charge on any atom is -0.458 e. The van der Waals surface area contributed by atoms with Crippen molar-refractivity contribution in [3.8, 4) is 6.01 Å². The average molecular weight is 347 g/mol. The van der Waals surface area contributed by atoms with Crippen LogP contribution in [0.2, 0.25) is 0 Å². The highest BCUT2D eigenvalue weighted by atomic mass is 16.6. The molecule has 2 N–H and O–H groups in total. The lowest BCUT2D eigenvalue weighted by molar-refractivity contribution is -0.141. The van der Waals surface area contributed by atoms with Crippen LogP contribution in [-0.4, -0.2) is 64.3 Å². The molecule has 8 heteroatoms. The smallest absolute Gasteiger partial charge is 0.316 e. The molecule has 4 heterocycles. The van der Waals surface area contributed by atoms with Crippen molar-refractivity contribution in [3.63, 3.8) is 0 Å². The van der Waals surface area contributed by atoms with Gasteiger partial charge in [-0.05, 0) is 32.3 Å². The van der Waals surface area contributed by atoms with Crippen LogP contribution in [0.15, 0.2) is 18.5 Å². The van der Waals surface area contributed by atoms with Crippen molar-refractivity contribution in [2.24, 2.45) is 0 Å². The first-order valence-electron chi connectivity index (χ1n) is 9.01. The number of rotatable bonds is 3. The van der Waals surface area contributed by atoms with Gasteiger partial charge in [0.1, 0.15) is 12.1 Å². The van der Waals surface area contributed by atoms with E-state index < -0.39 is 0 Å². The third-order valence-electron chi connectivity index (χ3n) is 5.23. The third-order valence-corrected chi connectivity index (χ3v) is 5.23. The van der Waals surface area contributed by atoms with Gasteiger partial charge in [0, 0.05) is 37.9 Å². The molecule has 3 aliphatic rings. The van der Waals surface area contributed by atoms with E-state index in [1.54, 1.807) is 18.5 Å². The lowest BCUT2D eigenvalue weighted by Gasteiger charge is -2.40. The molecule has 4 rings (SSSR count). The Morgan fingerprint density at radius 2 is 2.24 bits per heavy atom. The number of amides is 1. The molecule has 0 aromatic carbocycles. The zero-order valence-corrected chi connectivity index (χ0v) is 14.5. The quantitative estimate of drug-likeness (QED) is 0.811. The van der Waals surface area contributed by atoms with Crippen molar-refractivity contribution >= 4 is 5.91 Å². The summed E-state index contributed by atoms with van der Waals surface area (Å²) < 4.78 is 12.0. The van der Waals surface area contributed by atoms with Crippen molar-refractivity contribution in [2.75, 3.05) is 19.7 Å². The van der Waals surface area contributed by atoms with Gasteiger partial charge in [0.25, 0.3) is 0 Å². The Morgan fingerprint density at radius 3 is 3.00 bits per heavy atom. The second-order valence-electron chi connectivity index (χ2n) is 7.31. The fourth-order valence-electron chi connectivity index (χ4n) is 4.04. The normalized spacial score (nSPS) is 35.2. The Labute approximate surface area is 147 Å². The fraction of sp³-hybridized carbons (Fsp3) is 0.706. The highest BCUT2D eigenvalue weighted by Gasteiger charge is 2.46. The van der Waals surface area contributed by atoms with E-state index in [0.717, 1.165) is 32.2 Å². The summed E-state index contributed by atoms with van der Waals surface area (Å²) in [6.07, 6.45) is 6.76. The lowest BCUT2D eigenvalue weighted by atomic mass is 9.89. The highest BCUT2D eigenvalue weighted by Crippen LogP contribution is 2.36. The van der Waals surface area contributed by atoms with Gasteiger partial charge in [-0.25, -0.2) is 15.4 Å². The average Bonchev–Trinajstić information content (AvgIpc) is 3.22. The monoisotopic (exact) mass is 347 g/mol. The van der Waals surface area contributed by atoms with Gasteiger partial charge < -0.3 is 14.4 Å². The molecular formula is C17H25N5O3. The van der Waals surface area contributed by atoms with Gasteiger partial charge in [-0.1, -0.05) is 0 Å². The van der Waals surface area contributed by atoms with Crippen molar-refractivity contribution in [3.05, 3.63) is 18.5 Å². The molecule has 4 unspecified atom stereocenters. The Kier molecular flexibility index (Phi) is 4.58. The number of carbonyl (C=O) groups excluding carboxylic acids is 1. The minimum atomic E-state index is -0.301. The van der Waals surface area contributed by atoms with E-state index in [2.05, 4.69) is 27.7 Å². The van der Waals surface area contributed by atoms with Crippen LogP contribution in [0.25, 0.3) is 0 Å². The Hall–Kier alpha value is -1.77. The summed E-state index contributed by atoms with van der Waals surface area (Å²) in [6, 6.07) is 2.32. The number of hydrogen-bond acceptors (Lipinski definition) is 7. The summed E-state index contributed by atoms with van der Waals surface area (Å²) >= 11 is 0. The van der Waals surface area contributed by atoms with E-state index in [4.69, 9.17) is 9.47 Å². The third kappa shape index (κ3) is 3.61. The van der Waals surface area contributed by atoms with Crippen LogP contribution in [0, 0.1) is 0 Å². The molecule has 1 aromatic rings. The number of ether oxygens (including phenoxy) is 2. The number of hydrogen-bond donors (Lipinski definition) is 2. The molecule has 3 saturated heterocycles. The Bertz CT molecular complexity index is 616. The second kappa shape index (κ2) is 6.86. The standard InChI is InChI=1S/C17H25N5O3/c1-12-8-14(21-20-12)15(23)22-7-2-4-17(11-22)9-13(10-24-17)25-16-18-5-3-6-19-16/h3,5-6,12-14,20-21H,2,4,7-11H2,1H3. The van der Waals surface area contributed by atoms with Crippen molar-refractivity contribution in [1.82, 2.24) is 25.7 Å². The fourth-order valence-corrected chi connectivity index (χ4v) is 4.04. The predicted octanol–water partition coefficient (Wildman–Crippen LogP) is 0.261. The van der Waals surface area contributed by atoms with Crippen LogP contribution < -0.4 is 15.6 Å². The second-order valence-corrected chi connectivity index (χ2v) is 7.31. The zero-order chi connectivity index (χ0) is 17.3. The molecule has 25 heavy (non-hydrogen) atoms. The Balaban J connectivity index is 1.37. The van der Waals surface area contributed by atoms with Crippen molar-refractivity contribution in [1.29, 1.82) is 0 Å². The number of carbonyl (C=O) groups is 1. The lowest BCUT2D eigenvalue weighted by Crippen LogP contribution is -2.54. The molecular weight excluding hydrogens is 322 g/mol. The van der Waals surface area contributed by atoms with Crippen LogP contribution in [0.3, 0.4) is 0 Å². The van der Waals surface area contributed by atoms with Gasteiger partial charge in [0.15, 0.2) is 0 Å². The number of nitrogens with one attached hydrogen (secondary N) is 2. The van der Waals surface area contributed by atoms with E-state index in [-0.39, 0.29) is 23.7 Å². The van der Waals surface area contributed by atoms with E-state index in [0.29, 0.717) is 25.2 Å². The van der Waals surface area contributed by atoms with E-state index >= 15 is 0 Å². The molecule has 0 bridgehead atoms. The maximum atomic E-state index is 12.8. The topological polar surface area (TPSA) is 88.6 Å². The molecule has 3 fully saturated rings. The Morgan fingerprint density at radius 1 is 1.40 bits per heavy atom. The van der Waals surface area contributed by atoms with E-state index in [1.165, 1.54) is 0 Å². The van der Waals surface area contributed by atoms with Crippen LogP contribution >= 0.6 is 0 Å². The SMILES string of the molecule is CC1CC(C(=O)N2CCCC3(CC(Oc4ncccn4)CO3)C2)NN1. The first-order chi connectivity index (χ1) is 12.1. The van der Waals surface area contributed by atoms with Crippen molar-refractivity contribution < 1.29 is 14.3 Å². The predicted molar refractivity (Wildman–Crippen MR) is 89.7 cm³/mol. The van der Waals surface area contributed by atoms with Gasteiger partial charge in [0.05, 0.1) is 12.2 Å². The van der Waals surface area contributed by atoms with Crippen LogP contribution in [0.1, 0.15) is 32.6 Å². The van der Waals surface area contributed by atoms with Gasteiger partial charge in [0.2, 0.25) is 5.91 Å². The zero-order valence-electron chi connectivity index (χ0n) is 14.5. The van der Waals surface area contributed by atoms with Gasteiger partial charge in [-0.15, -0.1) is 0 Å². The van der Waals surface area contributed by atoms with Gasteiger partial charge in [-0.2, -0.15) is 0 Å². The van der Waals surface area contributed by atoms with Crippen LogP contribution in [0.5, 0.6) is 6.01 Å². The largest absolute Gasteiger partial charge is 0.458 e. The van der Waals surface area contributed by atoms with Gasteiger partial charge >= 0.3 is 6.01 Å². The summed E-state index contributed by atoms with van der Waals surface area (Å²) in [5.74, 6) is 0.162. The van der Waals surface area contributed by atoms with Crippen LogP contribution in [0.4, 0.5) is 0 Å². The summed E-state index contributed by atoms with van der Waals surface area (Å²) in [4.78, 5) is 22.9. The number of aromatic nitrogens is 2. The molecule has 1 spiro atoms. The number of likely N-dealkylation sites (tertiary alicyclic amines) is 1. The van der Waals surface area contributed by atoms with Crippen LogP contribution in [-0.2, 0) is 9.53 Å². The molecule has 136 valence electrons. The molecule has 4 atom stereocenters. The number of nitrogens with zero attached hydrogens (tertiary/aromatic N) is 3. The maximum absolute atomic E-state index is 12.8. The van der Waals surface area contributed by atoms with Crippen molar-refractivity contribution in [2.45, 2.75) is 56.4 Å². The summed E-state index contributed by atoms with van der Waals surface area (Å²) in [6.45, 7) is 4.02. The van der Waals surface area contributed by atoms with E-state index in [9.17, 15) is 4.79 Å². The molecule has 8 nitrogen and oxygen atoms in total. The molecule has 0 saturated carbocycles. The first kappa shape index (κ1) is 16.7. The first-order valence-corrected chi connectivity index (χ1v) is 9.01. The molecule has 0 radical (unpaired) electrons. The molecule has 0 aliphatic carbocycles. The number of piperidine rings is 1. The van der Waals surface area contributed by atoms with Gasteiger partial charge in [-0.3, -0.25) is 10.2 Å². The highest BCUT2D eigenvalue weighted by molar-refractivity contribution is 5.82.